The molecule has 0 saturated carbocycles. The zero-order valence-corrected chi connectivity index (χ0v) is 24.9. The number of carbonyl (C=O) groups is 1. The van der Waals surface area contributed by atoms with Gasteiger partial charge < -0.3 is 24.4 Å². The zero-order chi connectivity index (χ0) is 29.5. The van der Waals surface area contributed by atoms with E-state index in [0.29, 0.717) is 35.7 Å². The van der Waals surface area contributed by atoms with Gasteiger partial charge in [-0.05, 0) is 70.6 Å². The Balaban J connectivity index is 1.76. The lowest BCUT2D eigenvalue weighted by Crippen LogP contribution is -2.66. The quantitative estimate of drug-likeness (QED) is 0.363. The van der Waals surface area contributed by atoms with Crippen molar-refractivity contribution >= 4 is 6.09 Å². The lowest BCUT2D eigenvalue weighted by molar-refractivity contribution is -0.131. The number of hydrogen-bond donors (Lipinski definition) is 2. The molecule has 9 heteroatoms. The van der Waals surface area contributed by atoms with E-state index in [4.69, 9.17) is 9.26 Å². The summed E-state index contributed by atoms with van der Waals surface area (Å²) in [6.07, 6.45) is 4.89. The van der Waals surface area contributed by atoms with E-state index in [9.17, 15) is 15.0 Å². The van der Waals surface area contributed by atoms with Crippen LogP contribution in [0.4, 0.5) is 4.79 Å². The summed E-state index contributed by atoms with van der Waals surface area (Å²) < 4.78 is 10.8. The molecule has 1 aliphatic heterocycles. The zero-order valence-electron chi connectivity index (χ0n) is 24.9. The first kappa shape index (κ1) is 29.7. The van der Waals surface area contributed by atoms with Gasteiger partial charge in [0.25, 0.3) is 5.89 Å². The summed E-state index contributed by atoms with van der Waals surface area (Å²) in [5.74, 6) is 0.781. The molecule has 1 amide bonds. The molecule has 1 aliphatic rings. The highest BCUT2D eigenvalue weighted by Gasteiger charge is 2.58. The summed E-state index contributed by atoms with van der Waals surface area (Å²) in [5.41, 5.74) is -1.13. The summed E-state index contributed by atoms with van der Waals surface area (Å²) in [5, 5.41) is 27.0. The van der Waals surface area contributed by atoms with Crippen LogP contribution in [-0.4, -0.2) is 55.0 Å². The standard InChI is InChI=1S/C31H42N4O5/c1-9-20(10-2)21-11-13-23(14-12-21)31(38,30(8)18-35(19-30)27(36)39-28(3,4)5)24-15-22(16-32-17-24)25-33-26(40-34-25)29(6,7)37/h11-17,20,37-38H,9-10,18-19H2,1-8H3. The van der Waals surface area contributed by atoms with Gasteiger partial charge in [0.15, 0.2) is 0 Å². The first-order valence-corrected chi connectivity index (χ1v) is 13.9. The van der Waals surface area contributed by atoms with E-state index >= 15 is 0 Å². The first-order valence-electron chi connectivity index (χ1n) is 13.9. The van der Waals surface area contributed by atoms with E-state index < -0.39 is 28.3 Å². The van der Waals surface area contributed by atoms with Crippen molar-refractivity contribution in [2.75, 3.05) is 13.1 Å². The third-order valence-electron chi connectivity index (χ3n) is 7.75. The van der Waals surface area contributed by atoms with E-state index in [-0.39, 0.29) is 11.7 Å². The lowest BCUT2D eigenvalue weighted by Gasteiger charge is -2.56. The highest BCUT2D eigenvalue weighted by atomic mass is 16.6. The number of benzene rings is 1. The van der Waals surface area contributed by atoms with Crippen LogP contribution in [0.1, 0.15) is 96.7 Å². The van der Waals surface area contributed by atoms with Crippen molar-refractivity contribution in [3.05, 3.63) is 65.3 Å². The maximum absolute atomic E-state index is 12.8. The second kappa shape index (κ2) is 10.6. The van der Waals surface area contributed by atoms with Gasteiger partial charge in [-0.1, -0.05) is 50.2 Å². The van der Waals surface area contributed by atoms with Crippen molar-refractivity contribution in [2.24, 2.45) is 5.41 Å². The van der Waals surface area contributed by atoms with Crippen molar-refractivity contribution < 1.29 is 24.3 Å². The van der Waals surface area contributed by atoms with Gasteiger partial charge in [0, 0.05) is 42.0 Å². The molecule has 1 atom stereocenters. The van der Waals surface area contributed by atoms with Gasteiger partial charge in [0.2, 0.25) is 5.82 Å². The molecule has 0 radical (unpaired) electrons. The molecule has 0 aliphatic carbocycles. The molecule has 4 rings (SSSR count). The van der Waals surface area contributed by atoms with Crippen molar-refractivity contribution in [3.8, 4) is 11.4 Å². The van der Waals surface area contributed by atoms with E-state index in [2.05, 4.69) is 41.1 Å². The van der Waals surface area contributed by atoms with Crippen LogP contribution in [0.3, 0.4) is 0 Å². The van der Waals surface area contributed by atoms with Crippen LogP contribution in [0, 0.1) is 5.41 Å². The number of ether oxygens (including phenoxy) is 1. The highest BCUT2D eigenvalue weighted by Crippen LogP contribution is 2.51. The van der Waals surface area contributed by atoms with Crippen LogP contribution in [-0.2, 0) is 15.9 Å². The maximum Gasteiger partial charge on any atom is 0.410 e. The number of aliphatic hydroxyl groups is 2. The van der Waals surface area contributed by atoms with Crippen molar-refractivity contribution in [2.45, 2.75) is 91.0 Å². The Morgan fingerprint density at radius 1 is 1.05 bits per heavy atom. The lowest BCUT2D eigenvalue weighted by atomic mass is 9.62. The minimum atomic E-state index is -1.50. The molecule has 9 nitrogen and oxygen atoms in total. The number of nitrogens with zero attached hydrogens (tertiary/aromatic N) is 4. The summed E-state index contributed by atoms with van der Waals surface area (Å²) in [6, 6.07) is 9.91. The molecule has 1 aromatic carbocycles. The molecule has 2 N–H and O–H groups in total. The number of hydrogen-bond acceptors (Lipinski definition) is 8. The van der Waals surface area contributed by atoms with Crippen LogP contribution in [0.15, 0.2) is 47.2 Å². The Morgan fingerprint density at radius 2 is 1.68 bits per heavy atom. The van der Waals surface area contributed by atoms with Gasteiger partial charge in [0.1, 0.15) is 16.8 Å². The van der Waals surface area contributed by atoms with Gasteiger partial charge in [-0.25, -0.2) is 4.79 Å². The number of pyridine rings is 1. The van der Waals surface area contributed by atoms with Crippen LogP contribution >= 0.6 is 0 Å². The topological polar surface area (TPSA) is 122 Å². The van der Waals surface area contributed by atoms with E-state index in [0.717, 1.165) is 12.8 Å². The van der Waals surface area contributed by atoms with Crippen molar-refractivity contribution in [1.82, 2.24) is 20.0 Å². The molecule has 0 spiro atoms. The molecule has 0 bridgehead atoms. The molecule has 1 saturated heterocycles. The Bertz CT molecular complexity index is 1330. The van der Waals surface area contributed by atoms with Gasteiger partial charge in [-0.15, -0.1) is 0 Å². The third kappa shape index (κ3) is 5.63. The summed E-state index contributed by atoms with van der Waals surface area (Å²) in [4.78, 5) is 23.2. The van der Waals surface area contributed by atoms with Gasteiger partial charge in [-0.2, -0.15) is 4.98 Å². The summed E-state index contributed by atoms with van der Waals surface area (Å²) >= 11 is 0. The molecular formula is C31H42N4O5. The average molecular weight is 551 g/mol. The largest absolute Gasteiger partial charge is 0.444 e. The number of aromatic nitrogens is 3. The fourth-order valence-electron chi connectivity index (χ4n) is 5.45. The summed E-state index contributed by atoms with van der Waals surface area (Å²) in [7, 11) is 0. The second-order valence-corrected chi connectivity index (χ2v) is 12.7. The molecule has 3 aromatic rings. The minimum absolute atomic E-state index is 0.0825. The fourth-order valence-corrected chi connectivity index (χ4v) is 5.45. The highest BCUT2D eigenvalue weighted by molar-refractivity contribution is 5.70. The predicted molar refractivity (Wildman–Crippen MR) is 151 cm³/mol. The molecular weight excluding hydrogens is 508 g/mol. The van der Waals surface area contributed by atoms with E-state index in [1.807, 2.05) is 39.8 Å². The summed E-state index contributed by atoms with van der Waals surface area (Å²) in [6.45, 7) is 15.5. The van der Waals surface area contributed by atoms with Crippen LogP contribution in [0.2, 0.25) is 0 Å². The molecule has 216 valence electrons. The van der Waals surface area contributed by atoms with Crippen molar-refractivity contribution in [3.63, 3.8) is 0 Å². The maximum atomic E-state index is 12.8. The molecule has 1 fully saturated rings. The van der Waals surface area contributed by atoms with Gasteiger partial charge >= 0.3 is 6.09 Å². The van der Waals surface area contributed by atoms with Gasteiger partial charge in [0.05, 0.1) is 0 Å². The SMILES string of the molecule is CCC(CC)c1ccc(C(O)(c2cncc(-c3noc(C(C)(C)O)n3)c2)C2(C)CN(C(=O)OC(C)(C)C)C2)cc1. The molecule has 2 aromatic heterocycles. The number of carbonyl (C=O) groups excluding carboxylic acids is 1. The minimum Gasteiger partial charge on any atom is -0.444 e. The monoisotopic (exact) mass is 550 g/mol. The second-order valence-electron chi connectivity index (χ2n) is 12.7. The molecule has 1 unspecified atom stereocenters. The predicted octanol–water partition coefficient (Wildman–Crippen LogP) is 5.76. The first-order chi connectivity index (χ1) is 18.6. The van der Waals surface area contributed by atoms with Crippen LogP contribution < -0.4 is 0 Å². The Labute approximate surface area is 236 Å². The Kier molecular flexibility index (Phi) is 7.86. The Hall–Kier alpha value is -3.30. The smallest absolute Gasteiger partial charge is 0.410 e. The molecule has 3 heterocycles. The van der Waals surface area contributed by atoms with Crippen LogP contribution in [0.25, 0.3) is 11.4 Å². The number of rotatable bonds is 8. The third-order valence-corrected chi connectivity index (χ3v) is 7.75. The normalized spacial score (nSPS) is 16.9. The molecule has 40 heavy (non-hydrogen) atoms. The Morgan fingerprint density at radius 3 is 2.20 bits per heavy atom. The van der Waals surface area contributed by atoms with Crippen LogP contribution in [0.5, 0.6) is 0 Å². The fraction of sp³-hybridized carbons (Fsp3) is 0.548. The number of amides is 1. The van der Waals surface area contributed by atoms with E-state index in [1.54, 1.807) is 37.2 Å². The average Bonchev–Trinajstić information content (AvgIpc) is 3.38. The van der Waals surface area contributed by atoms with E-state index in [1.165, 1.54) is 5.56 Å². The van der Waals surface area contributed by atoms with Crippen molar-refractivity contribution in [1.29, 1.82) is 0 Å². The van der Waals surface area contributed by atoms with Gasteiger partial charge in [-0.3, -0.25) is 4.98 Å². The number of likely N-dealkylation sites (tertiary alicyclic amines) is 1.